The number of ether oxygens (including phenoxy) is 1. The number of rotatable bonds is 8. The van der Waals surface area contributed by atoms with Crippen LogP contribution in [0, 0.1) is 10.1 Å². The molecule has 0 aliphatic rings. The van der Waals surface area contributed by atoms with Crippen molar-refractivity contribution in [3.63, 3.8) is 0 Å². The van der Waals surface area contributed by atoms with Gasteiger partial charge in [0.25, 0.3) is 11.5 Å². The van der Waals surface area contributed by atoms with Gasteiger partial charge in [0.05, 0.1) is 11.5 Å². The first kappa shape index (κ1) is 17.0. The van der Waals surface area contributed by atoms with E-state index in [-0.39, 0.29) is 17.9 Å². The molecule has 0 fully saturated rings. The number of carbonyl (C=O) groups excluding carboxylic acids is 1. The summed E-state index contributed by atoms with van der Waals surface area (Å²) in [7, 11) is 0. The van der Waals surface area contributed by atoms with Crippen molar-refractivity contribution >= 4 is 11.5 Å². The third kappa shape index (κ3) is 4.47. The molecule has 0 aliphatic heterocycles. The predicted molar refractivity (Wildman–Crippen MR) is 78.1 cm³/mol. The zero-order valence-corrected chi connectivity index (χ0v) is 12.1. The van der Waals surface area contributed by atoms with Gasteiger partial charge >= 0.3 is 0 Å². The highest BCUT2D eigenvalue weighted by atomic mass is 16.6. The minimum atomic E-state index is -2.04. The van der Waals surface area contributed by atoms with E-state index in [1.165, 1.54) is 36.4 Å². The van der Waals surface area contributed by atoms with Gasteiger partial charge in [-0.15, -0.1) is 0 Å². The maximum absolute atomic E-state index is 12.3. The molecular weight excluding hydrogens is 274 g/mol. The van der Waals surface area contributed by atoms with Crippen LogP contribution in [0.4, 0.5) is 5.69 Å². The first-order valence-corrected chi connectivity index (χ1v) is 6.74. The van der Waals surface area contributed by atoms with Gasteiger partial charge in [0, 0.05) is 17.7 Å². The first-order valence-electron chi connectivity index (χ1n) is 6.74. The minimum absolute atomic E-state index is 0.118. The molecular formula is C15H19NO5. The van der Waals surface area contributed by atoms with Crippen molar-refractivity contribution in [2.75, 3.05) is 6.61 Å². The van der Waals surface area contributed by atoms with Crippen molar-refractivity contribution in [3.8, 4) is 0 Å². The summed E-state index contributed by atoms with van der Waals surface area (Å²) >= 11 is 0. The van der Waals surface area contributed by atoms with Crippen LogP contribution in [0.25, 0.3) is 0 Å². The molecule has 0 spiro atoms. The monoisotopic (exact) mass is 293 g/mol. The third-order valence-corrected chi connectivity index (χ3v) is 2.88. The maximum Gasteiger partial charge on any atom is 0.269 e. The highest BCUT2D eigenvalue weighted by Gasteiger charge is 2.35. The molecule has 0 heterocycles. The van der Waals surface area contributed by atoms with Gasteiger partial charge in [0.1, 0.15) is 0 Å². The second-order valence-electron chi connectivity index (χ2n) is 4.53. The molecule has 0 aromatic heterocycles. The van der Waals surface area contributed by atoms with E-state index in [4.69, 9.17) is 4.74 Å². The highest BCUT2D eigenvalue weighted by Crippen LogP contribution is 2.20. The normalized spacial score (nSPS) is 14.0. The van der Waals surface area contributed by atoms with E-state index >= 15 is 0 Å². The summed E-state index contributed by atoms with van der Waals surface area (Å²) in [4.78, 5) is 22.4. The fourth-order valence-corrected chi connectivity index (χ4v) is 1.73. The van der Waals surface area contributed by atoms with Gasteiger partial charge in [-0.25, -0.2) is 0 Å². The Labute approximate surface area is 123 Å². The fourth-order valence-electron chi connectivity index (χ4n) is 1.73. The number of non-ortho nitro benzene ring substituents is 1. The van der Waals surface area contributed by atoms with Crippen molar-refractivity contribution in [2.24, 2.45) is 0 Å². The van der Waals surface area contributed by atoms with Crippen LogP contribution in [0.5, 0.6) is 0 Å². The highest BCUT2D eigenvalue weighted by molar-refractivity contribution is 6.02. The van der Waals surface area contributed by atoms with Gasteiger partial charge in [-0.2, -0.15) is 0 Å². The molecule has 1 unspecified atom stereocenters. The van der Waals surface area contributed by atoms with Crippen LogP contribution in [0.3, 0.4) is 0 Å². The van der Waals surface area contributed by atoms with E-state index in [1.54, 1.807) is 6.92 Å². The molecule has 1 aromatic rings. The second kappa shape index (κ2) is 7.66. The molecule has 114 valence electrons. The molecule has 1 rings (SSSR count). The number of ketones is 1. The van der Waals surface area contributed by atoms with E-state index in [1.807, 2.05) is 6.92 Å². The van der Waals surface area contributed by atoms with E-state index in [0.29, 0.717) is 6.42 Å². The summed E-state index contributed by atoms with van der Waals surface area (Å²) in [6.07, 6.45) is 4.38. The number of carbonyl (C=O) groups is 1. The number of benzene rings is 1. The fraction of sp³-hybridized carbons (Fsp3) is 0.400. The largest absolute Gasteiger partial charge is 0.356 e. The van der Waals surface area contributed by atoms with Crippen LogP contribution in [0.1, 0.15) is 37.0 Å². The molecule has 0 bridgehead atoms. The van der Waals surface area contributed by atoms with Crippen molar-refractivity contribution in [1.29, 1.82) is 0 Å². The average molecular weight is 293 g/mol. The summed E-state index contributed by atoms with van der Waals surface area (Å²) in [5.41, 5.74) is 0.0331. The standard InChI is InChI=1S/C15H19NO5/c1-3-5-11-21-15(18,10-4-2)14(17)12-6-8-13(9-7-12)16(19)20/h4,6-10,18H,3,5,11H2,1-2H3. The molecule has 0 aliphatic carbocycles. The van der Waals surface area contributed by atoms with E-state index in [2.05, 4.69) is 0 Å². The second-order valence-corrected chi connectivity index (χ2v) is 4.53. The molecule has 0 amide bonds. The maximum atomic E-state index is 12.3. The zero-order valence-electron chi connectivity index (χ0n) is 12.1. The lowest BCUT2D eigenvalue weighted by atomic mass is 10.0. The lowest BCUT2D eigenvalue weighted by Crippen LogP contribution is -2.40. The summed E-state index contributed by atoms with van der Waals surface area (Å²) in [5, 5.41) is 20.9. The molecule has 1 atom stereocenters. The molecule has 1 aromatic carbocycles. The quantitative estimate of drug-likeness (QED) is 0.199. The number of aliphatic hydroxyl groups is 1. The van der Waals surface area contributed by atoms with Gasteiger partial charge in [0.15, 0.2) is 0 Å². The Hall–Kier alpha value is -2.05. The van der Waals surface area contributed by atoms with Crippen LogP contribution in [-0.4, -0.2) is 28.2 Å². The lowest BCUT2D eigenvalue weighted by molar-refractivity contribution is -0.384. The summed E-state index contributed by atoms with van der Waals surface area (Å²) in [6.45, 7) is 3.88. The molecule has 0 saturated heterocycles. The number of nitro benzene ring substituents is 1. The topological polar surface area (TPSA) is 89.7 Å². The molecule has 0 saturated carbocycles. The number of Topliss-reactive ketones (excluding diaryl/α,β-unsaturated/α-hetero) is 1. The number of unbranched alkanes of at least 4 members (excludes halogenated alkanes) is 1. The van der Waals surface area contributed by atoms with Gasteiger partial charge < -0.3 is 9.84 Å². The summed E-state index contributed by atoms with van der Waals surface area (Å²) in [5.74, 6) is -2.69. The van der Waals surface area contributed by atoms with Crippen LogP contribution < -0.4 is 0 Å². The van der Waals surface area contributed by atoms with Gasteiger partial charge in [-0.3, -0.25) is 14.9 Å². The Kier molecular flexibility index (Phi) is 6.20. The summed E-state index contributed by atoms with van der Waals surface area (Å²) < 4.78 is 5.29. The summed E-state index contributed by atoms with van der Waals surface area (Å²) in [6, 6.07) is 5.04. The predicted octanol–water partition coefficient (Wildman–Crippen LogP) is 2.86. The van der Waals surface area contributed by atoms with Gasteiger partial charge in [0.2, 0.25) is 5.78 Å². The van der Waals surface area contributed by atoms with E-state index < -0.39 is 16.5 Å². The third-order valence-electron chi connectivity index (χ3n) is 2.88. The molecule has 6 nitrogen and oxygen atoms in total. The molecule has 6 heteroatoms. The lowest BCUT2D eigenvalue weighted by Gasteiger charge is -2.23. The SMILES string of the molecule is CC=CC(O)(OCCCC)C(=O)c1ccc([N+](=O)[O-])cc1. The number of nitrogens with zero attached hydrogens (tertiary/aromatic N) is 1. The Morgan fingerprint density at radius 3 is 2.52 bits per heavy atom. The molecule has 1 N–H and O–H groups in total. The number of nitro groups is 1. The van der Waals surface area contributed by atoms with Crippen molar-refractivity contribution < 1.29 is 19.6 Å². The number of hydrogen-bond acceptors (Lipinski definition) is 5. The average Bonchev–Trinajstić information content (AvgIpc) is 2.47. The Morgan fingerprint density at radius 1 is 1.43 bits per heavy atom. The minimum Gasteiger partial charge on any atom is -0.356 e. The van der Waals surface area contributed by atoms with Crippen LogP contribution in [-0.2, 0) is 4.74 Å². The van der Waals surface area contributed by atoms with Crippen molar-refractivity contribution in [1.82, 2.24) is 0 Å². The van der Waals surface area contributed by atoms with Crippen molar-refractivity contribution in [2.45, 2.75) is 32.5 Å². The molecule has 0 radical (unpaired) electrons. The van der Waals surface area contributed by atoms with Gasteiger partial charge in [-0.05, 0) is 31.6 Å². The Bertz CT molecular complexity index is 523. The van der Waals surface area contributed by atoms with Crippen LogP contribution in [0.15, 0.2) is 36.4 Å². The Morgan fingerprint density at radius 2 is 2.05 bits per heavy atom. The zero-order chi connectivity index (χ0) is 15.9. The van der Waals surface area contributed by atoms with E-state index in [9.17, 15) is 20.0 Å². The number of hydrogen-bond donors (Lipinski definition) is 1. The first-order chi connectivity index (χ1) is 9.94. The van der Waals surface area contributed by atoms with Crippen LogP contribution in [0.2, 0.25) is 0 Å². The smallest absolute Gasteiger partial charge is 0.269 e. The number of allylic oxidation sites excluding steroid dienone is 1. The Balaban J connectivity index is 2.96. The van der Waals surface area contributed by atoms with Crippen molar-refractivity contribution in [3.05, 3.63) is 52.1 Å². The van der Waals surface area contributed by atoms with Gasteiger partial charge in [-0.1, -0.05) is 19.4 Å². The van der Waals surface area contributed by atoms with E-state index in [0.717, 1.165) is 6.42 Å². The van der Waals surface area contributed by atoms with Crippen LogP contribution >= 0.6 is 0 Å². The molecule has 21 heavy (non-hydrogen) atoms.